The summed E-state index contributed by atoms with van der Waals surface area (Å²) in [5.41, 5.74) is 0.364. The minimum atomic E-state index is -2.76. The van der Waals surface area contributed by atoms with Gasteiger partial charge in [-0.3, -0.25) is 4.11 Å². The van der Waals surface area contributed by atoms with Gasteiger partial charge in [-0.05, 0) is 12.1 Å². The third-order valence-electron chi connectivity index (χ3n) is 2.19. The monoisotopic (exact) mass is 245 g/mol. The summed E-state index contributed by atoms with van der Waals surface area (Å²) in [7, 11) is -2.76. The lowest BCUT2D eigenvalue weighted by Crippen LogP contribution is -2.31. The number of hydrogen-bond acceptors (Lipinski definition) is 2. The van der Waals surface area contributed by atoms with Crippen LogP contribution < -0.4 is 5.19 Å². The number of carbonyl (C=O) groups is 1. The Balaban J connectivity index is 2.05. The minimum absolute atomic E-state index is 0.364. The van der Waals surface area contributed by atoms with Gasteiger partial charge in [0.15, 0.2) is 0 Å². The summed E-state index contributed by atoms with van der Waals surface area (Å²) in [6.07, 6.45) is 0. The molecule has 0 saturated heterocycles. The first-order valence-electron chi connectivity index (χ1n) is 5.12. The van der Waals surface area contributed by atoms with Crippen molar-refractivity contribution in [3.8, 4) is 0 Å². The first kappa shape index (κ1) is 11.5. The fraction of sp³-hybridized carbons (Fsp3) is 0. The molecule has 2 aromatic rings. The highest BCUT2D eigenvalue weighted by atomic mass is 28.3. The molecule has 0 unspecified atom stereocenters. The van der Waals surface area contributed by atoms with E-state index in [0.717, 1.165) is 0 Å². The zero-order valence-electron chi connectivity index (χ0n) is 8.97. The maximum atomic E-state index is 13.7. The van der Waals surface area contributed by atoms with Gasteiger partial charge in [-0.15, -0.1) is 0 Å². The molecule has 0 spiro atoms. The maximum absolute atomic E-state index is 13.7. The van der Waals surface area contributed by atoms with Crippen LogP contribution in [0.15, 0.2) is 60.7 Å². The highest BCUT2D eigenvalue weighted by Gasteiger charge is 2.22. The van der Waals surface area contributed by atoms with E-state index in [9.17, 15) is 8.90 Å². The SMILES string of the molecule is O=C(O[Si](F)c1ccccc1)c1ccccc1. The van der Waals surface area contributed by atoms with Crippen molar-refractivity contribution in [2.45, 2.75) is 0 Å². The van der Waals surface area contributed by atoms with E-state index >= 15 is 0 Å². The second kappa shape index (κ2) is 5.40. The van der Waals surface area contributed by atoms with E-state index in [1.165, 1.54) is 0 Å². The smallest absolute Gasteiger partial charge is 0.482 e. The Hall–Kier alpha value is -1.94. The van der Waals surface area contributed by atoms with Crippen molar-refractivity contribution >= 4 is 20.5 Å². The summed E-state index contributed by atoms with van der Waals surface area (Å²) in [5.74, 6) is -0.620. The molecule has 0 saturated carbocycles. The molecular weight excluding hydrogens is 235 g/mol. The normalized spacial score (nSPS) is 10.2. The molecule has 2 rings (SSSR count). The average molecular weight is 245 g/mol. The molecule has 0 bridgehead atoms. The third-order valence-corrected chi connectivity index (χ3v) is 3.34. The van der Waals surface area contributed by atoms with Crippen molar-refractivity contribution < 1.29 is 13.3 Å². The lowest BCUT2D eigenvalue weighted by Gasteiger charge is -2.06. The summed E-state index contributed by atoms with van der Waals surface area (Å²) in [4.78, 5) is 11.6. The second-order valence-corrected chi connectivity index (χ2v) is 4.72. The first-order valence-corrected chi connectivity index (χ1v) is 6.41. The molecule has 0 aliphatic carbocycles. The summed E-state index contributed by atoms with van der Waals surface area (Å²) in [6.45, 7) is 0. The third kappa shape index (κ3) is 3.01. The number of carbonyl (C=O) groups excluding carboxylic acids is 1. The number of benzene rings is 2. The highest BCUT2D eigenvalue weighted by Crippen LogP contribution is 2.03. The van der Waals surface area contributed by atoms with Crippen molar-refractivity contribution in [3.63, 3.8) is 0 Å². The molecule has 0 heterocycles. The zero-order chi connectivity index (χ0) is 12.1. The molecular formula is C13H10FO2Si. The van der Waals surface area contributed by atoms with Gasteiger partial charge in [0, 0.05) is 5.19 Å². The number of halogens is 1. The van der Waals surface area contributed by atoms with Gasteiger partial charge >= 0.3 is 15.3 Å². The van der Waals surface area contributed by atoms with Crippen LogP contribution in [0.5, 0.6) is 0 Å². The van der Waals surface area contributed by atoms with Gasteiger partial charge < -0.3 is 4.43 Å². The van der Waals surface area contributed by atoms with Crippen LogP contribution in [-0.2, 0) is 4.43 Å². The maximum Gasteiger partial charge on any atom is 0.541 e. The lowest BCUT2D eigenvalue weighted by atomic mass is 10.2. The van der Waals surface area contributed by atoms with Crippen LogP contribution in [-0.4, -0.2) is 15.3 Å². The van der Waals surface area contributed by atoms with Crippen molar-refractivity contribution in [2.75, 3.05) is 0 Å². The Morgan fingerprint density at radius 3 is 2.06 bits per heavy atom. The molecule has 0 aliphatic rings. The van der Waals surface area contributed by atoms with Crippen LogP contribution in [0.1, 0.15) is 10.4 Å². The Bertz CT molecular complexity index is 487. The largest absolute Gasteiger partial charge is 0.541 e. The van der Waals surface area contributed by atoms with E-state index in [-0.39, 0.29) is 0 Å². The summed E-state index contributed by atoms with van der Waals surface area (Å²) < 4.78 is 18.5. The molecule has 85 valence electrons. The van der Waals surface area contributed by atoms with Crippen LogP contribution >= 0.6 is 0 Å². The average Bonchev–Trinajstić information content (AvgIpc) is 2.40. The molecule has 2 aromatic carbocycles. The summed E-state index contributed by atoms with van der Waals surface area (Å²) in [6, 6.07) is 16.9. The standard InChI is InChI=1S/C13H10FO2Si/c14-17(12-9-5-2-6-10-12)16-13(15)11-7-3-1-4-8-11/h1-10H. The van der Waals surface area contributed by atoms with Crippen molar-refractivity contribution in [1.82, 2.24) is 0 Å². The van der Waals surface area contributed by atoms with Gasteiger partial charge in [-0.25, -0.2) is 4.79 Å². The molecule has 0 N–H and O–H groups in total. The van der Waals surface area contributed by atoms with Gasteiger partial charge in [0.25, 0.3) is 0 Å². The molecule has 0 atom stereocenters. The van der Waals surface area contributed by atoms with Crippen LogP contribution in [0.2, 0.25) is 0 Å². The highest BCUT2D eigenvalue weighted by molar-refractivity contribution is 6.62. The van der Waals surface area contributed by atoms with Crippen molar-refractivity contribution in [1.29, 1.82) is 0 Å². The quantitative estimate of drug-likeness (QED) is 0.612. The van der Waals surface area contributed by atoms with Gasteiger partial charge in [0.2, 0.25) is 0 Å². The number of rotatable bonds is 3. The second-order valence-electron chi connectivity index (χ2n) is 3.40. The summed E-state index contributed by atoms with van der Waals surface area (Å²) in [5, 5.41) is 0.432. The topological polar surface area (TPSA) is 26.3 Å². The first-order chi connectivity index (χ1) is 8.27. The Kier molecular flexibility index (Phi) is 3.67. The van der Waals surface area contributed by atoms with Crippen LogP contribution in [0.3, 0.4) is 0 Å². The molecule has 0 aliphatic heterocycles. The molecule has 1 radical (unpaired) electrons. The molecule has 0 amide bonds. The van der Waals surface area contributed by atoms with Crippen LogP contribution in [0.4, 0.5) is 4.11 Å². The Morgan fingerprint density at radius 1 is 0.941 bits per heavy atom. The minimum Gasteiger partial charge on any atom is -0.482 e. The number of hydrogen-bond donors (Lipinski definition) is 0. The lowest BCUT2D eigenvalue weighted by molar-refractivity contribution is 0.0721. The van der Waals surface area contributed by atoms with Gasteiger partial charge in [-0.2, -0.15) is 0 Å². The molecule has 17 heavy (non-hydrogen) atoms. The van der Waals surface area contributed by atoms with E-state index in [1.807, 2.05) is 0 Å². The van der Waals surface area contributed by atoms with Crippen LogP contribution in [0, 0.1) is 0 Å². The predicted molar refractivity (Wildman–Crippen MR) is 64.8 cm³/mol. The fourth-order valence-electron chi connectivity index (χ4n) is 1.34. The van der Waals surface area contributed by atoms with Crippen LogP contribution in [0.25, 0.3) is 0 Å². The van der Waals surface area contributed by atoms with E-state index < -0.39 is 15.3 Å². The van der Waals surface area contributed by atoms with E-state index in [4.69, 9.17) is 4.43 Å². The van der Waals surface area contributed by atoms with E-state index in [1.54, 1.807) is 60.7 Å². The van der Waals surface area contributed by atoms with E-state index in [2.05, 4.69) is 0 Å². The fourth-order valence-corrected chi connectivity index (χ4v) is 2.20. The molecule has 4 heteroatoms. The van der Waals surface area contributed by atoms with Gasteiger partial charge in [0.05, 0.1) is 5.56 Å². The van der Waals surface area contributed by atoms with E-state index in [0.29, 0.717) is 10.8 Å². The van der Waals surface area contributed by atoms with Crippen molar-refractivity contribution in [3.05, 3.63) is 66.2 Å². The van der Waals surface area contributed by atoms with Gasteiger partial charge in [0.1, 0.15) is 0 Å². The summed E-state index contributed by atoms with van der Waals surface area (Å²) >= 11 is 0. The van der Waals surface area contributed by atoms with Gasteiger partial charge in [-0.1, -0.05) is 48.5 Å². The molecule has 0 fully saturated rings. The molecule has 2 nitrogen and oxygen atoms in total. The predicted octanol–water partition coefficient (Wildman–Crippen LogP) is 2.21. The molecule has 0 aromatic heterocycles. The Labute approximate surface area is 101 Å². The van der Waals surface area contributed by atoms with Crippen molar-refractivity contribution in [2.24, 2.45) is 0 Å². The Morgan fingerprint density at radius 2 is 1.47 bits per heavy atom. The zero-order valence-corrected chi connectivity index (χ0v) is 9.97.